The maximum atomic E-state index is 10.5. The molecule has 2 rings (SSSR count). The van der Waals surface area contributed by atoms with Gasteiger partial charge in [0.15, 0.2) is 0 Å². The largest absolute Gasteiger partial charge is 0.424 e. The van der Waals surface area contributed by atoms with Crippen LogP contribution in [-0.2, 0) is 11.3 Å². The van der Waals surface area contributed by atoms with E-state index in [4.69, 9.17) is 9.47 Å². The molecule has 0 N–H and O–H groups in total. The molecular weight excluding hydrogens is 262 g/mol. The Bertz CT molecular complexity index is 586. The van der Waals surface area contributed by atoms with Crippen LogP contribution in [0.4, 0.5) is 5.69 Å². The Morgan fingerprint density at radius 2 is 2.05 bits per heavy atom. The minimum atomic E-state index is -0.563. The van der Waals surface area contributed by atoms with Crippen LogP contribution in [0.25, 0.3) is 0 Å². The monoisotopic (exact) mass is 275 g/mol. The zero-order valence-corrected chi connectivity index (χ0v) is 10.9. The van der Waals surface area contributed by atoms with Crippen molar-refractivity contribution in [3.63, 3.8) is 0 Å². The van der Waals surface area contributed by atoms with Gasteiger partial charge in [-0.15, -0.1) is 0 Å². The first-order valence-electron chi connectivity index (χ1n) is 6.00. The SMILES string of the molecule is CCOCc1cccc(Oc2ncc([N+](=O)[O-])cn2)c1. The first-order chi connectivity index (χ1) is 9.69. The minimum Gasteiger partial charge on any atom is -0.424 e. The molecule has 0 aliphatic carbocycles. The van der Waals surface area contributed by atoms with Gasteiger partial charge in [-0.05, 0) is 24.6 Å². The molecule has 0 fully saturated rings. The molecule has 1 aromatic carbocycles. The van der Waals surface area contributed by atoms with Crippen LogP contribution < -0.4 is 4.74 Å². The zero-order chi connectivity index (χ0) is 14.4. The molecule has 0 amide bonds. The number of nitro groups is 1. The highest BCUT2D eigenvalue weighted by Crippen LogP contribution is 2.20. The van der Waals surface area contributed by atoms with Crippen molar-refractivity contribution in [3.8, 4) is 11.8 Å². The lowest BCUT2D eigenvalue weighted by molar-refractivity contribution is -0.385. The second kappa shape index (κ2) is 6.58. The van der Waals surface area contributed by atoms with Crippen molar-refractivity contribution in [3.05, 3.63) is 52.3 Å². The molecule has 20 heavy (non-hydrogen) atoms. The molecule has 0 bridgehead atoms. The lowest BCUT2D eigenvalue weighted by Gasteiger charge is -2.06. The van der Waals surface area contributed by atoms with E-state index in [2.05, 4.69) is 9.97 Å². The molecule has 0 saturated carbocycles. The molecule has 104 valence electrons. The highest BCUT2D eigenvalue weighted by Gasteiger charge is 2.08. The van der Waals surface area contributed by atoms with E-state index in [9.17, 15) is 10.1 Å². The molecule has 0 saturated heterocycles. The summed E-state index contributed by atoms with van der Waals surface area (Å²) in [6, 6.07) is 7.36. The topological polar surface area (TPSA) is 87.4 Å². The summed E-state index contributed by atoms with van der Waals surface area (Å²) in [5.41, 5.74) is 0.786. The maximum Gasteiger partial charge on any atom is 0.322 e. The second-order valence-corrected chi connectivity index (χ2v) is 3.87. The number of aromatic nitrogens is 2. The van der Waals surface area contributed by atoms with Gasteiger partial charge >= 0.3 is 11.7 Å². The Hall–Kier alpha value is -2.54. The van der Waals surface area contributed by atoms with E-state index in [1.165, 1.54) is 0 Å². The van der Waals surface area contributed by atoms with Crippen LogP contribution >= 0.6 is 0 Å². The van der Waals surface area contributed by atoms with Crippen LogP contribution in [0.2, 0.25) is 0 Å². The Labute approximate surface area is 115 Å². The highest BCUT2D eigenvalue weighted by molar-refractivity contribution is 5.30. The van der Waals surface area contributed by atoms with Crippen LogP contribution in [0.5, 0.6) is 11.8 Å². The van der Waals surface area contributed by atoms with Crippen molar-refractivity contribution < 1.29 is 14.4 Å². The second-order valence-electron chi connectivity index (χ2n) is 3.87. The van der Waals surface area contributed by atoms with Crippen LogP contribution in [0.3, 0.4) is 0 Å². The zero-order valence-electron chi connectivity index (χ0n) is 10.9. The molecular formula is C13H13N3O4. The summed E-state index contributed by atoms with van der Waals surface area (Å²) in [6.07, 6.45) is 2.21. The Morgan fingerprint density at radius 1 is 1.30 bits per heavy atom. The third-order valence-electron chi connectivity index (χ3n) is 2.41. The lowest BCUT2D eigenvalue weighted by Crippen LogP contribution is -1.96. The molecule has 0 spiro atoms. The van der Waals surface area contributed by atoms with Gasteiger partial charge in [-0.25, -0.2) is 0 Å². The van der Waals surface area contributed by atoms with Gasteiger partial charge in [-0.3, -0.25) is 10.1 Å². The number of ether oxygens (including phenoxy) is 2. The molecule has 7 nitrogen and oxygen atoms in total. The number of benzene rings is 1. The van der Waals surface area contributed by atoms with E-state index in [0.29, 0.717) is 19.0 Å². The predicted octanol–water partition coefficient (Wildman–Crippen LogP) is 2.71. The van der Waals surface area contributed by atoms with E-state index in [1.807, 2.05) is 19.1 Å². The van der Waals surface area contributed by atoms with Crippen molar-refractivity contribution in [2.75, 3.05) is 6.61 Å². The van der Waals surface area contributed by atoms with Crippen molar-refractivity contribution in [1.82, 2.24) is 9.97 Å². The summed E-state index contributed by atoms with van der Waals surface area (Å²) in [6.45, 7) is 3.05. The van der Waals surface area contributed by atoms with Crippen LogP contribution in [0, 0.1) is 10.1 Å². The fourth-order valence-electron chi connectivity index (χ4n) is 1.48. The molecule has 0 aliphatic heterocycles. The fourth-order valence-corrected chi connectivity index (χ4v) is 1.48. The summed E-state index contributed by atoms with van der Waals surface area (Å²) in [4.78, 5) is 17.5. The molecule has 0 radical (unpaired) electrons. The molecule has 7 heteroatoms. The van der Waals surface area contributed by atoms with Gasteiger partial charge in [0.05, 0.1) is 11.5 Å². The van der Waals surface area contributed by atoms with Crippen molar-refractivity contribution in [2.24, 2.45) is 0 Å². The molecule has 0 aliphatic rings. The first-order valence-corrected chi connectivity index (χ1v) is 6.00. The Kier molecular flexibility index (Phi) is 4.56. The lowest BCUT2D eigenvalue weighted by atomic mass is 10.2. The third kappa shape index (κ3) is 3.72. The van der Waals surface area contributed by atoms with Gasteiger partial charge in [0.1, 0.15) is 18.1 Å². The molecule has 0 atom stereocenters. The predicted molar refractivity (Wildman–Crippen MR) is 70.5 cm³/mol. The molecule has 2 aromatic rings. The summed E-state index contributed by atoms with van der Waals surface area (Å²) < 4.78 is 10.7. The smallest absolute Gasteiger partial charge is 0.322 e. The average molecular weight is 275 g/mol. The molecule has 1 aromatic heterocycles. The van der Waals surface area contributed by atoms with Gasteiger partial charge in [-0.2, -0.15) is 9.97 Å². The number of rotatable bonds is 6. The van der Waals surface area contributed by atoms with Crippen molar-refractivity contribution in [1.29, 1.82) is 0 Å². The van der Waals surface area contributed by atoms with E-state index < -0.39 is 4.92 Å². The quantitative estimate of drug-likeness (QED) is 0.595. The van der Waals surface area contributed by atoms with Crippen molar-refractivity contribution >= 4 is 5.69 Å². The summed E-state index contributed by atoms with van der Waals surface area (Å²) in [5.74, 6) is 0.552. The average Bonchev–Trinajstić information content (AvgIpc) is 2.46. The van der Waals surface area contributed by atoms with Crippen LogP contribution in [0.15, 0.2) is 36.7 Å². The summed E-state index contributed by atoms with van der Waals surface area (Å²) in [7, 11) is 0. The number of hydrogen-bond acceptors (Lipinski definition) is 6. The number of nitrogens with zero attached hydrogens (tertiary/aromatic N) is 3. The van der Waals surface area contributed by atoms with Gasteiger partial charge < -0.3 is 9.47 Å². The van der Waals surface area contributed by atoms with Gasteiger partial charge in [-0.1, -0.05) is 12.1 Å². The normalized spacial score (nSPS) is 10.2. The molecule has 1 heterocycles. The van der Waals surface area contributed by atoms with E-state index in [-0.39, 0.29) is 11.7 Å². The Balaban J connectivity index is 2.07. The van der Waals surface area contributed by atoms with E-state index in [1.54, 1.807) is 12.1 Å². The Morgan fingerprint density at radius 3 is 2.70 bits per heavy atom. The van der Waals surface area contributed by atoms with Crippen LogP contribution in [-0.4, -0.2) is 21.5 Å². The molecule has 0 unspecified atom stereocenters. The fraction of sp³-hybridized carbons (Fsp3) is 0.231. The van der Waals surface area contributed by atoms with Gasteiger partial charge in [0.25, 0.3) is 0 Å². The van der Waals surface area contributed by atoms with Crippen molar-refractivity contribution in [2.45, 2.75) is 13.5 Å². The minimum absolute atomic E-state index is 0.0594. The maximum absolute atomic E-state index is 10.5. The van der Waals surface area contributed by atoms with Gasteiger partial charge in [0, 0.05) is 6.61 Å². The van der Waals surface area contributed by atoms with Crippen LogP contribution in [0.1, 0.15) is 12.5 Å². The summed E-state index contributed by atoms with van der Waals surface area (Å²) in [5, 5.41) is 10.5. The van der Waals surface area contributed by atoms with E-state index in [0.717, 1.165) is 18.0 Å². The standard InChI is InChI=1S/C13H13N3O4/c1-2-19-9-10-4-3-5-12(6-10)20-13-14-7-11(8-15-13)16(17)18/h3-8H,2,9H2,1H3. The van der Waals surface area contributed by atoms with E-state index >= 15 is 0 Å². The number of hydrogen-bond donors (Lipinski definition) is 0. The third-order valence-corrected chi connectivity index (χ3v) is 2.41. The summed E-state index contributed by atoms with van der Waals surface area (Å²) >= 11 is 0. The van der Waals surface area contributed by atoms with Gasteiger partial charge in [0.2, 0.25) is 0 Å². The highest BCUT2D eigenvalue weighted by atomic mass is 16.6. The first kappa shape index (κ1) is 13.9.